The van der Waals surface area contributed by atoms with Crippen LogP contribution in [0.15, 0.2) is 83.7 Å². The van der Waals surface area contributed by atoms with Gasteiger partial charge < -0.3 is 29.0 Å². The normalized spacial score (nSPS) is 10.8. The third-order valence-corrected chi connectivity index (χ3v) is 5.85. The Labute approximate surface area is 209 Å². The summed E-state index contributed by atoms with van der Waals surface area (Å²) >= 11 is 0. The van der Waals surface area contributed by atoms with Crippen molar-refractivity contribution in [3.63, 3.8) is 0 Å². The summed E-state index contributed by atoms with van der Waals surface area (Å²) in [4.78, 5) is 13.2. The molecule has 0 bridgehead atoms. The molecular weight excluding hydrogens is 458 g/mol. The molecule has 7 heteroatoms. The number of nitrogens with zero attached hydrogens (tertiary/aromatic N) is 1. The van der Waals surface area contributed by atoms with Crippen molar-refractivity contribution in [1.82, 2.24) is 4.57 Å². The molecule has 0 aliphatic heterocycles. The van der Waals surface area contributed by atoms with E-state index in [9.17, 15) is 15.0 Å². The van der Waals surface area contributed by atoms with E-state index in [1.54, 1.807) is 18.2 Å². The minimum absolute atomic E-state index is 0.0680. The number of hydrogen-bond donors (Lipinski definition) is 2. The van der Waals surface area contributed by atoms with Crippen molar-refractivity contribution in [2.75, 3.05) is 13.7 Å². The van der Waals surface area contributed by atoms with E-state index in [0.29, 0.717) is 29.4 Å². The van der Waals surface area contributed by atoms with Gasteiger partial charge in [0.05, 0.1) is 25.0 Å². The molecule has 0 saturated heterocycles. The number of aromatic hydroxyl groups is 1. The summed E-state index contributed by atoms with van der Waals surface area (Å²) in [6, 6.07) is 24.5. The first-order valence-corrected chi connectivity index (χ1v) is 11.6. The number of hydrogen-bond acceptors (Lipinski definition) is 6. The Morgan fingerprint density at radius 2 is 1.44 bits per heavy atom. The van der Waals surface area contributed by atoms with Gasteiger partial charge in [-0.25, -0.2) is 0 Å². The van der Waals surface area contributed by atoms with E-state index < -0.39 is 5.43 Å². The SMILES string of the molecule is COc1cc(-c2c(OCc3ccccc3)c(=O)c(C)c(O)n2CCO)ccc1OCc1ccccc1. The van der Waals surface area contributed by atoms with Gasteiger partial charge >= 0.3 is 0 Å². The summed E-state index contributed by atoms with van der Waals surface area (Å²) in [5, 5.41) is 20.5. The molecule has 0 amide bonds. The molecule has 4 rings (SSSR count). The highest BCUT2D eigenvalue weighted by Gasteiger charge is 2.23. The van der Waals surface area contributed by atoms with Crippen LogP contribution in [0.3, 0.4) is 0 Å². The van der Waals surface area contributed by atoms with E-state index in [-0.39, 0.29) is 37.0 Å². The number of aliphatic hydroxyl groups is 1. The molecule has 2 N–H and O–H groups in total. The van der Waals surface area contributed by atoms with Crippen LogP contribution < -0.4 is 19.6 Å². The van der Waals surface area contributed by atoms with Crippen LogP contribution >= 0.6 is 0 Å². The number of benzene rings is 3. The maximum Gasteiger partial charge on any atom is 0.230 e. The van der Waals surface area contributed by atoms with Crippen molar-refractivity contribution >= 4 is 0 Å². The summed E-state index contributed by atoms with van der Waals surface area (Å²) in [5.41, 5.74) is 2.55. The van der Waals surface area contributed by atoms with Crippen molar-refractivity contribution in [2.45, 2.75) is 26.7 Å². The maximum absolute atomic E-state index is 13.2. The Morgan fingerprint density at radius 1 is 0.833 bits per heavy atom. The average molecular weight is 488 g/mol. The Hall–Kier alpha value is -4.23. The van der Waals surface area contributed by atoms with Gasteiger partial charge in [-0.05, 0) is 36.2 Å². The molecule has 7 nitrogen and oxygen atoms in total. The van der Waals surface area contributed by atoms with Gasteiger partial charge in [0.1, 0.15) is 13.2 Å². The van der Waals surface area contributed by atoms with E-state index >= 15 is 0 Å². The number of rotatable bonds is 10. The zero-order valence-corrected chi connectivity index (χ0v) is 20.3. The summed E-state index contributed by atoms with van der Waals surface area (Å²) in [5.74, 6) is 0.854. The summed E-state index contributed by atoms with van der Waals surface area (Å²) in [6.07, 6.45) is 0. The maximum atomic E-state index is 13.2. The van der Waals surface area contributed by atoms with Crippen molar-refractivity contribution in [3.8, 4) is 34.4 Å². The lowest BCUT2D eigenvalue weighted by Crippen LogP contribution is -2.19. The molecule has 0 aliphatic rings. The van der Waals surface area contributed by atoms with Gasteiger partial charge in [0, 0.05) is 12.1 Å². The quantitative estimate of drug-likeness (QED) is 0.337. The molecule has 0 spiro atoms. The fraction of sp³-hybridized carbons (Fsp3) is 0.207. The predicted octanol–water partition coefficient (Wildman–Crippen LogP) is 4.69. The van der Waals surface area contributed by atoms with Gasteiger partial charge in [-0.2, -0.15) is 0 Å². The summed E-state index contributed by atoms with van der Waals surface area (Å²) in [7, 11) is 1.54. The molecule has 0 fully saturated rings. The van der Waals surface area contributed by atoms with Gasteiger partial charge in [0.15, 0.2) is 23.1 Å². The molecule has 186 valence electrons. The minimum atomic E-state index is -0.420. The second-order valence-corrected chi connectivity index (χ2v) is 8.24. The smallest absolute Gasteiger partial charge is 0.230 e. The topological polar surface area (TPSA) is 90.2 Å². The fourth-order valence-electron chi connectivity index (χ4n) is 3.95. The minimum Gasteiger partial charge on any atom is -0.494 e. The lowest BCUT2D eigenvalue weighted by atomic mass is 10.1. The van der Waals surface area contributed by atoms with E-state index in [1.807, 2.05) is 60.7 Å². The van der Waals surface area contributed by atoms with Crippen LogP contribution in [0, 0.1) is 6.92 Å². The van der Waals surface area contributed by atoms with E-state index in [4.69, 9.17) is 14.2 Å². The van der Waals surface area contributed by atoms with Gasteiger partial charge in [0.2, 0.25) is 5.43 Å². The van der Waals surface area contributed by atoms with Crippen molar-refractivity contribution in [1.29, 1.82) is 0 Å². The molecule has 0 unspecified atom stereocenters. The van der Waals surface area contributed by atoms with Crippen LogP contribution in [0.25, 0.3) is 11.3 Å². The van der Waals surface area contributed by atoms with E-state index in [2.05, 4.69) is 0 Å². The number of aromatic nitrogens is 1. The van der Waals surface area contributed by atoms with Gasteiger partial charge in [-0.1, -0.05) is 60.7 Å². The molecule has 0 radical (unpaired) electrons. The first-order valence-electron chi connectivity index (χ1n) is 11.6. The Kier molecular flexibility index (Phi) is 7.92. The molecule has 3 aromatic carbocycles. The van der Waals surface area contributed by atoms with Gasteiger partial charge in [-0.3, -0.25) is 4.79 Å². The number of ether oxygens (including phenoxy) is 3. The predicted molar refractivity (Wildman–Crippen MR) is 138 cm³/mol. The highest BCUT2D eigenvalue weighted by Crippen LogP contribution is 2.38. The Morgan fingerprint density at radius 3 is 2.03 bits per heavy atom. The average Bonchev–Trinajstić information content (AvgIpc) is 2.92. The number of pyridine rings is 1. The van der Waals surface area contributed by atoms with Crippen LogP contribution in [0.2, 0.25) is 0 Å². The van der Waals surface area contributed by atoms with Gasteiger partial charge in [-0.15, -0.1) is 0 Å². The molecule has 36 heavy (non-hydrogen) atoms. The third kappa shape index (κ3) is 5.37. The number of aliphatic hydroxyl groups excluding tert-OH is 1. The van der Waals surface area contributed by atoms with Crippen LogP contribution in [-0.4, -0.2) is 28.5 Å². The van der Waals surface area contributed by atoms with E-state index in [0.717, 1.165) is 11.1 Å². The van der Waals surface area contributed by atoms with Gasteiger partial charge in [0.25, 0.3) is 0 Å². The highest BCUT2D eigenvalue weighted by molar-refractivity contribution is 5.71. The zero-order chi connectivity index (χ0) is 25.5. The van der Waals surface area contributed by atoms with Crippen LogP contribution in [0.5, 0.6) is 23.1 Å². The fourth-order valence-corrected chi connectivity index (χ4v) is 3.95. The van der Waals surface area contributed by atoms with Crippen LogP contribution in [-0.2, 0) is 19.8 Å². The first kappa shape index (κ1) is 24.9. The van der Waals surface area contributed by atoms with Crippen molar-refractivity contribution < 1.29 is 24.4 Å². The molecule has 4 aromatic rings. The number of methoxy groups -OCH3 is 1. The molecule has 0 saturated carbocycles. The van der Waals surface area contributed by atoms with Crippen molar-refractivity contribution in [3.05, 3.63) is 106 Å². The standard InChI is InChI=1S/C29H29NO6/c1-20-27(32)28(36-19-22-11-7-4-8-12-22)26(30(15-16-31)29(20)33)23-13-14-24(25(17-23)34-2)35-18-21-9-5-3-6-10-21/h3-14,17,31,33H,15-16,18-19H2,1-2H3. The Bertz CT molecular complexity index is 1370. The molecule has 0 aliphatic carbocycles. The van der Waals surface area contributed by atoms with Crippen molar-refractivity contribution in [2.24, 2.45) is 0 Å². The Balaban J connectivity index is 1.77. The largest absolute Gasteiger partial charge is 0.494 e. The summed E-state index contributed by atoms with van der Waals surface area (Å²) in [6.45, 7) is 1.89. The molecular formula is C29H29NO6. The first-order chi connectivity index (χ1) is 17.5. The van der Waals surface area contributed by atoms with Crippen LogP contribution in [0.1, 0.15) is 16.7 Å². The lowest BCUT2D eigenvalue weighted by Gasteiger charge is -2.21. The van der Waals surface area contributed by atoms with Crippen LogP contribution in [0.4, 0.5) is 0 Å². The molecule has 1 heterocycles. The highest BCUT2D eigenvalue weighted by atomic mass is 16.5. The lowest BCUT2D eigenvalue weighted by molar-refractivity contribution is 0.261. The second kappa shape index (κ2) is 11.5. The molecule has 0 atom stereocenters. The zero-order valence-electron chi connectivity index (χ0n) is 20.3. The summed E-state index contributed by atoms with van der Waals surface area (Å²) < 4.78 is 19.1. The molecule has 1 aromatic heterocycles. The third-order valence-electron chi connectivity index (χ3n) is 5.85. The van der Waals surface area contributed by atoms with E-state index in [1.165, 1.54) is 18.6 Å². The monoisotopic (exact) mass is 487 g/mol. The second-order valence-electron chi connectivity index (χ2n) is 8.24.